The van der Waals surface area contributed by atoms with Crippen molar-refractivity contribution in [1.29, 1.82) is 0 Å². The summed E-state index contributed by atoms with van der Waals surface area (Å²) in [7, 11) is 0. The lowest BCUT2D eigenvalue weighted by Crippen LogP contribution is -2.67. The molecule has 2 saturated heterocycles. The van der Waals surface area contributed by atoms with Crippen molar-refractivity contribution >= 4 is 17.9 Å². The Kier molecular flexibility index (Phi) is 9.98. The number of carboxylic acid groups (broad SMARTS) is 1. The van der Waals surface area contributed by atoms with E-state index in [0.29, 0.717) is 43.9 Å². The Morgan fingerprint density at radius 1 is 1.04 bits per heavy atom. The molecule has 254 valence electrons. The maximum Gasteiger partial charge on any atom is 0.248 e. The third-order valence-corrected chi connectivity index (χ3v) is 10.2. The number of ether oxygens (including phenoxy) is 2. The first kappa shape index (κ1) is 33.1. The number of fused-ring (bicyclic) bond motifs is 2. The quantitative estimate of drug-likeness (QED) is 0.442. The van der Waals surface area contributed by atoms with E-state index in [1.165, 1.54) is 4.90 Å². The van der Waals surface area contributed by atoms with Crippen LogP contribution in [-0.4, -0.2) is 95.6 Å². The number of nitrogens with zero attached hydrogens (tertiary/aromatic N) is 3. The van der Waals surface area contributed by atoms with E-state index in [9.17, 15) is 28.3 Å². The second kappa shape index (κ2) is 14.1. The molecule has 1 N–H and O–H groups in total. The molecule has 3 fully saturated rings. The van der Waals surface area contributed by atoms with Gasteiger partial charge in [-0.2, -0.15) is 0 Å². The minimum absolute atomic E-state index is 0.0203. The average Bonchev–Trinajstić information content (AvgIpc) is 3.46. The highest BCUT2D eigenvalue weighted by Gasteiger charge is 2.49. The van der Waals surface area contributed by atoms with Crippen molar-refractivity contribution in [3.63, 3.8) is 0 Å². The number of benzene rings is 2. The zero-order valence-electron chi connectivity index (χ0n) is 26.7. The van der Waals surface area contributed by atoms with Gasteiger partial charge in [0.15, 0.2) is 0 Å². The molecule has 1 aliphatic carbocycles. The summed E-state index contributed by atoms with van der Waals surface area (Å²) in [6, 6.07) is 13.7. The summed E-state index contributed by atoms with van der Waals surface area (Å²) in [5.41, 5.74) is 1.49. The molecule has 4 aliphatic rings. The molecule has 1 saturated carbocycles. The molecule has 47 heavy (non-hydrogen) atoms. The van der Waals surface area contributed by atoms with Crippen LogP contribution in [0.25, 0.3) is 0 Å². The van der Waals surface area contributed by atoms with Gasteiger partial charge in [0.1, 0.15) is 23.9 Å². The van der Waals surface area contributed by atoms with Gasteiger partial charge in [-0.05, 0) is 43.7 Å². The number of amides is 3. The fourth-order valence-electron chi connectivity index (χ4n) is 7.80. The molecule has 0 spiro atoms. The molecule has 2 aromatic carbocycles. The fourth-order valence-corrected chi connectivity index (χ4v) is 7.80. The topological polar surface area (TPSA) is 114 Å². The molecule has 0 bridgehead atoms. The standard InChI is InChI=1S/C35H44F2N4O6/c1-2-46-26-18-25-20-40(29(22-39(25)21-26)32(42)38-28-14-17-47-30-11-7-6-10-27(28)30)33(43)31(24-12-15-35(36,37)16-13-24)41(34(44)45)19-23-8-4-3-5-9-23/h3-11,24-26,28-29,31H,2,12-22H2,1H3,(H,38,42)(H,44,45)/p-1/t25-,26-,28-,29+,31+/m1/s1. The summed E-state index contributed by atoms with van der Waals surface area (Å²) < 4.78 is 40.4. The molecular weight excluding hydrogens is 610 g/mol. The minimum Gasteiger partial charge on any atom is -0.530 e. The number of alkyl halides is 2. The van der Waals surface area contributed by atoms with Crippen LogP contribution >= 0.6 is 0 Å². The van der Waals surface area contributed by atoms with E-state index in [-0.39, 0.29) is 56.6 Å². The summed E-state index contributed by atoms with van der Waals surface area (Å²) in [4.78, 5) is 46.5. The molecule has 12 heteroatoms. The highest BCUT2D eigenvalue weighted by atomic mass is 19.3. The van der Waals surface area contributed by atoms with Crippen LogP contribution in [0.5, 0.6) is 5.75 Å². The molecule has 5 atom stereocenters. The van der Waals surface area contributed by atoms with Gasteiger partial charge < -0.3 is 34.5 Å². The second-order valence-corrected chi connectivity index (χ2v) is 13.2. The SMILES string of the molecule is CCO[C@@H]1C[C@@H]2CN(C(=O)[C@H](C3CCC(F)(F)CC3)N(Cc3ccccc3)C(=O)[O-])[C@H](C(=O)N[C@@H]3CCOc4ccccc43)CN2C1. The predicted molar refractivity (Wildman–Crippen MR) is 166 cm³/mol. The van der Waals surface area contributed by atoms with Crippen LogP contribution in [-0.2, 0) is 20.9 Å². The molecular formula is C35H43F2N4O6-. The Bertz CT molecular complexity index is 1420. The molecule has 0 unspecified atom stereocenters. The summed E-state index contributed by atoms with van der Waals surface area (Å²) in [5.74, 6) is -3.74. The third-order valence-electron chi connectivity index (χ3n) is 10.2. The zero-order valence-corrected chi connectivity index (χ0v) is 26.7. The number of hydrogen-bond donors (Lipinski definition) is 1. The van der Waals surface area contributed by atoms with Crippen LogP contribution in [0.15, 0.2) is 54.6 Å². The predicted octanol–water partition coefficient (Wildman–Crippen LogP) is 3.36. The maximum atomic E-state index is 14.9. The summed E-state index contributed by atoms with van der Waals surface area (Å²) in [6.45, 7) is 3.80. The number of halogens is 2. The number of carbonyl (C=O) groups excluding carboxylic acids is 3. The number of piperazine rings is 1. The number of rotatable bonds is 9. The second-order valence-electron chi connectivity index (χ2n) is 13.2. The lowest BCUT2D eigenvalue weighted by Gasteiger charge is -2.47. The van der Waals surface area contributed by atoms with Crippen molar-refractivity contribution in [2.45, 2.75) is 88.2 Å². The Balaban J connectivity index is 1.32. The highest BCUT2D eigenvalue weighted by Crippen LogP contribution is 2.40. The van der Waals surface area contributed by atoms with Gasteiger partial charge in [0, 0.05) is 63.7 Å². The van der Waals surface area contributed by atoms with Gasteiger partial charge in [0.25, 0.3) is 0 Å². The van der Waals surface area contributed by atoms with Crippen LogP contribution in [0, 0.1) is 5.92 Å². The Morgan fingerprint density at radius 3 is 2.49 bits per heavy atom. The van der Waals surface area contributed by atoms with Crippen molar-refractivity contribution in [2.24, 2.45) is 5.92 Å². The van der Waals surface area contributed by atoms with Crippen LogP contribution in [0.2, 0.25) is 0 Å². The lowest BCUT2D eigenvalue weighted by molar-refractivity contribution is -0.270. The van der Waals surface area contributed by atoms with Crippen molar-refractivity contribution in [3.05, 3.63) is 65.7 Å². The van der Waals surface area contributed by atoms with E-state index < -0.39 is 48.8 Å². The van der Waals surface area contributed by atoms with Gasteiger partial charge in [0.2, 0.25) is 17.7 Å². The van der Waals surface area contributed by atoms with E-state index in [4.69, 9.17) is 9.47 Å². The van der Waals surface area contributed by atoms with Gasteiger partial charge in [0.05, 0.1) is 18.8 Å². The van der Waals surface area contributed by atoms with Crippen LogP contribution < -0.4 is 15.2 Å². The largest absolute Gasteiger partial charge is 0.530 e. The van der Waals surface area contributed by atoms with E-state index in [0.717, 1.165) is 10.5 Å². The lowest BCUT2D eigenvalue weighted by atomic mass is 9.80. The first-order valence-corrected chi connectivity index (χ1v) is 16.7. The zero-order chi connectivity index (χ0) is 33.1. The van der Waals surface area contributed by atoms with E-state index in [1.54, 1.807) is 30.3 Å². The van der Waals surface area contributed by atoms with Gasteiger partial charge in [-0.1, -0.05) is 48.5 Å². The monoisotopic (exact) mass is 653 g/mol. The van der Waals surface area contributed by atoms with Crippen LogP contribution in [0.1, 0.15) is 62.6 Å². The Hall–Kier alpha value is -3.77. The van der Waals surface area contributed by atoms with E-state index in [2.05, 4.69) is 10.2 Å². The first-order chi connectivity index (χ1) is 22.6. The highest BCUT2D eigenvalue weighted by molar-refractivity contribution is 5.92. The normalized spacial score (nSPS) is 26.4. The number of para-hydroxylation sites is 1. The maximum absolute atomic E-state index is 14.9. The van der Waals surface area contributed by atoms with Crippen LogP contribution in [0.3, 0.4) is 0 Å². The molecule has 2 aromatic rings. The summed E-state index contributed by atoms with van der Waals surface area (Å²) in [6.07, 6.45) is -1.31. The molecule has 3 aliphatic heterocycles. The summed E-state index contributed by atoms with van der Waals surface area (Å²) >= 11 is 0. The van der Waals surface area contributed by atoms with Gasteiger partial charge >= 0.3 is 0 Å². The van der Waals surface area contributed by atoms with Crippen molar-refractivity contribution < 1.29 is 37.7 Å². The van der Waals surface area contributed by atoms with Gasteiger partial charge in [-0.25, -0.2) is 8.78 Å². The van der Waals surface area contributed by atoms with E-state index in [1.807, 2.05) is 31.2 Å². The first-order valence-electron chi connectivity index (χ1n) is 16.7. The number of nitrogens with one attached hydrogen (secondary N) is 1. The van der Waals surface area contributed by atoms with E-state index >= 15 is 0 Å². The molecule has 0 radical (unpaired) electrons. The molecule has 3 heterocycles. The Labute approximate surface area is 274 Å². The smallest absolute Gasteiger partial charge is 0.248 e. The molecule has 3 amide bonds. The van der Waals surface area contributed by atoms with Crippen LogP contribution in [0.4, 0.5) is 13.6 Å². The minimum atomic E-state index is -2.87. The third kappa shape index (κ3) is 7.38. The molecule has 0 aromatic heterocycles. The van der Waals surface area contributed by atoms with Crippen molar-refractivity contribution in [1.82, 2.24) is 20.0 Å². The summed E-state index contributed by atoms with van der Waals surface area (Å²) in [5, 5.41) is 15.9. The number of hydrogen-bond acceptors (Lipinski definition) is 7. The van der Waals surface area contributed by atoms with Crippen molar-refractivity contribution in [3.8, 4) is 5.75 Å². The van der Waals surface area contributed by atoms with Gasteiger partial charge in [-0.15, -0.1) is 0 Å². The van der Waals surface area contributed by atoms with Gasteiger partial charge in [-0.3, -0.25) is 14.5 Å². The molecule has 10 nitrogen and oxygen atoms in total. The van der Waals surface area contributed by atoms with Crippen molar-refractivity contribution in [2.75, 3.05) is 32.8 Å². The number of carbonyl (C=O) groups is 3. The molecule has 6 rings (SSSR count). The fraction of sp³-hybridized carbons (Fsp3) is 0.571. The Morgan fingerprint density at radius 2 is 1.77 bits per heavy atom. The average molecular weight is 654 g/mol.